The van der Waals surface area contributed by atoms with Crippen LogP contribution >= 0.6 is 23.2 Å². The molecule has 0 heterocycles. The standard InChI is InChI=1S/C17H18Cl2N2/c18-14-8-7-12(11-15(14)19)16(21-20)17(9-4-10-17)13-5-2-1-3-6-13/h1-3,5-8,11,16,21H,4,9-10,20H2. The average molecular weight is 321 g/mol. The average Bonchev–Trinajstić information content (AvgIpc) is 2.47. The zero-order chi connectivity index (χ0) is 14.9. The minimum absolute atomic E-state index is 0.0309. The predicted octanol–water partition coefficient (Wildman–Crippen LogP) is 4.62. The number of hydrazine groups is 1. The van der Waals surface area contributed by atoms with Gasteiger partial charge in [0.25, 0.3) is 0 Å². The lowest BCUT2D eigenvalue weighted by atomic mass is 9.59. The van der Waals surface area contributed by atoms with Crippen LogP contribution < -0.4 is 11.3 Å². The van der Waals surface area contributed by atoms with Crippen LogP contribution in [-0.4, -0.2) is 0 Å². The zero-order valence-corrected chi connectivity index (χ0v) is 13.2. The maximum Gasteiger partial charge on any atom is 0.0595 e. The first kappa shape index (κ1) is 14.9. The van der Waals surface area contributed by atoms with Crippen LogP contribution in [0.25, 0.3) is 0 Å². The topological polar surface area (TPSA) is 38.0 Å². The highest BCUT2D eigenvalue weighted by molar-refractivity contribution is 6.42. The van der Waals surface area contributed by atoms with Crippen molar-refractivity contribution in [2.24, 2.45) is 5.84 Å². The summed E-state index contributed by atoms with van der Waals surface area (Å²) in [7, 11) is 0. The van der Waals surface area contributed by atoms with E-state index in [0.29, 0.717) is 10.0 Å². The number of hydrogen-bond acceptors (Lipinski definition) is 2. The van der Waals surface area contributed by atoms with Crippen molar-refractivity contribution < 1.29 is 0 Å². The van der Waals surface area contributed by atoms with Gasteiger partial charge < -0.3 is 0 Å². The third kappa shape index (κ3) is 2.58. The number of nitrogens with one attached hydrogen (secondary N) is 1. The molecule has 110 valence electrons. The molecular formula is C17H18Cl2N2. The molecule has 0 aromatic heterocycles. The van der Waals surface area contributed by atoms with Gasteiger partial charge in [-0.1, -0.05) is 66.0 Å². The van der Waals surface area contributed by atoms with Crippen molar-refractivity contribution in [2.75, 3.05) is 0 Å². The molecule has 1 unspecified atom stereocenters. The van der Waals surface area contributed by atoms with Gasteiger partial charge in [0.05, 0.1) is 16.1 Å². The normalized spacial score (nSPS) is 18.0. The summed E-state index contributed by atoms with van der Waals surface area (Å²) < 4.78 is 0. The summed E-state index contributed by atoms with van der Waals surface area (Å²) in [6, 6.07) is 16.3. The molecule has 1 saturated carbocycles. The van der Waals surface area contributed by atoms with Crippen LogP contribution in [0.2, 0.25) is 10.0 Å². The van der Waals surface area contributed by atoms with Crippen LogP contribution in [0.1, 0.15) is 36.4 Å². The van der Waals surface area contributed by atoms with E-state index in [4.69, 9.17) is 29.0 Å². The van der Waals surface area contributed by atoms with Gasteiger partial charge in [-0.3, -0.25) is 11.3 Å². The van der Waals surface area contributed by atoms with Gasteiger partial charge in [0, 0.05) is 5.41 Å². The van der Waals surface area contributed by atoms with E-state index in [1.165, 1.54) is 12.0 Å². The van der Waals surface area contributed by atoms with Crippen molar-refractivity contribution in [1.29, 1.82) is 0 Å². The molecule has 21 heavy (non-hydrogen) atoms. The second-order valence-corrected chi connectivity index (χ2v) is 6.46. The summed E-state index contributed by atoms with van der Waals surface area (Å²) >= 11 is 12.2. The Balaban J connectivity index is 2.03. The number of halogens is 2. The highest BCUT2D eigenvalue weighted by atomic mass is 35.5. The van der Waals surface area contributed by atoms with Crippen molar-refractivity contribution in [3.8, 4) is 0 Å². The third-order valence-corrected chi connectivity index (χ3v) is 5.33. The van der Waals surface area contributed by atoms with Gasteiger partial charge in [-0.25, -0.2) is 0 Å². The first-order valence-electron chi connectivity index (χ1n) is 7.14. The van der Waals surface area contributed by atoms with Crippen LogP contribution in [0.5, 0.6) is 0 Å². The Kier molecular flexibility index (Phi) is 4.23. The van der Waals surface area contributed by atoms with Crippen LogP contribution in [0.4, 0.5) is 0 Å². The molecule has 1 aliphatic rings. The minimum Gasteiger partial charge on any atom is -0.271 e. The molecule has 3 rings (SSSR count). The van der Waals surface area contributed by atoms with Gasteiger partial charge in [-0.15, -0.1) is 0 Å². The van der Waals surface area contributed by atoms with E-state index in [1.807, 2.05) is 24.3 Å². The molecule has 0 aliphatic heterocycles. The summed E-state index contributed by atoms with van der Waals surface area (Å²) in [6.45, 7) is 0. The van der Waals surface area contributed by atoms with Crippen molar-refractivity contribution in [2.45, 2.75) is 30.7 Å². The first-order chi connectivity index (χ1) is 10.2. The lowest BCUT2D eigenvalue weighted by Gasteiger charge is -2.48. The van der Waals surface area contributed by atoms with Crippen LogP contribution in [0.3, 0.4) is 0 Å². The van der Waals surface area contributed by atoms with Crippen LogP contribution in [0.15, 0.2) is 48.5 Å². The molecule has 2 aromatic carbocycles. The van der Waals surface area contributed by atoms with Gasteiger partial charge in [0.15, 0.2) is 0 Å². The van der Waals surface area contributed by atoms with E-state index in [1.54, 1.807) is 0 Å². The molecule has 4 heteroatoms. The molecule has 1 fully saturated rings. The summed E-state index contributed by atoms with van der Waals surface area (Å²) in [4.78, 5) is 0. The fourth-order valence-corrected chi connectivity index (χ4v) is 3.65. The molecule has 2 nitrogen and oxygen atoms in total. The Labute approximate surface area is 135 Å². The van der Waals surface area contributed by atoms with E-state index in [9.17, 15) is 0 Å². The molecule has 0 bridgehead atoms. The summed E-state index contributed by atoms with van der Waals surface area (Å²) in [5, 5.41) is 1.13. The number of hydrogen-bond donors (Lipinski definition) is 2. The minimum atomic E-state index is 0.0309. The molecule has 3 N–H and O–H groups in total. The first-order valence-corrected chi connectivity index (χ1v) is 7.89. The number of nitrogens with two attached hydrogens (primary N) is 1. The van der Waals surface area contributed by atoms with Gasteiger partial charge in [-0.05, 0) is 36.1 Å². The molecule has 0 amide bonds. The fourth-order valence-electron chi connectivity index (χ4n) is 3.34. The van der Waals surface area contributed by atoms with Gasteiger partial charge in [0.2, 0.25) is 0 Å². The van der Waals surface area contributed by atoms with Crippen molar-refractivity contribution >= 4 is 23.2 Å². The molecule has 1 atom stereocenters. The van der Waals surface area contributed by atoms with Crippen molar-refractivity contribution in [3.63, 3.8) is 0 Å². The maximum absolute atomic E-state index is 6.17. The molecular weight excluding hydrogens is 303 g/mol. The van der Waals surface area contributed by atoms with Gasteiger partial charge >= 0.3 is 0 Å². The zero-order valence-electron chi connectivity index (χ0n) is 11.7. The van der Waals surface area contributed by atoms with E-state index >= 15 is 0 Å². The van der Waals surface area contributed by atoms with Crippen LogP contribution in [0, 0.1) is 0 Å². The Bertz CT molecular complexity index is 624. The second-order valence-electron chi connectivity index (χ2n) is 5.65. The van der Waals surface area contributed by atoms with Gasteiger partial charge in [0.1, 0.15) is 0 Å². The largest absolute Gasteiger partial charge is 0.271 e. The molecule has 2 aromatic rings. The van der Waals surface area contributed by atoms with E-state index in [2.05, 4.69) is 29.7 Å². The Morgan fingerprint density at radius 2 is 1.71 bits per heavy atom. The van der Waals surface area contributed by atoms with E-state index in [0.717, 1.165) is 18.4 Å². The smallest absolute Gasteiger partial charge is 0.0595 e. The monoisotopic (exact) mass is 320 g/mol. The maximum atomic E-state index is 6.17. The molecule has 0 radical (unpaired) electrons. The quantitative estimate of drug-likeness (QED) is 0.637. The highest BCUT2D eigenvalue weighted by Crippen LogP contribution is 2.52. The van der Waals surface area contributed by atoms with Crippen LogP contribution in [-0.2, 0) is 5.41 Å². The van der Waals surface area contributed by atoms with Crippen molar-refractivity contribution in [3.05, 3.63) is 69.7 Å². The molecule has 0 saturated heterocycles. The predicted molar refractivity (Wildman–Crippen MR) is 88.5 cm³/mol. The lowest BCUT2D eigenvalue weighted by Crippen LogP contribution is -2.48. The fraction of sp³-hybridized carbons (Fsp3) is 0.294. The highest BCUT2D eigenvalue weighted by Gasteiger charge is 2.45. The summed E-state index contributed by atoms with van der Waals surface area (Å²) in [6.07, 6.45) is 3.45. The second kappa shape index (κ2) is 5.98. The van der Waals surface area contributed by atoms with E-state index < -0.39 is 0 Å². The molecule has 0 spiro atoms. The Hall–Kier alpha value is -1.06. The van der Waals surface area contributed by atoms with Gasteiger partial charge in [-0.2, -0.15) is 0 Å². The summed E-state index contributed by atoms with van der Waals surface area (Å²) in [5.41, 5.74) is 5.44. The Morgan fingerprint density at radius 3 is 2.24 bits per heavy atom. The lowest BCUT2D eigenvalue weighted by molar-refractivity contribution is 0.170. The number of benzene rings is 2. The Morgan fingerprint density at radius 1 is 1.00 bits per heavy atom. The van der Waals surface area contributed by atoms with Crippen molar-refractivity contribution in [1.82, 2.24) is 5.43 Å². The molecule has 1 aliphatic carbocycles. The number of rotatable bonds is 4. The summed E-state index contributed by atoms with van der Waals surface area (Å²) in [5.74, 6) is 5.90. The SMILES string of the molecule is NNC(c1ccc(Cl)c(Cl)c1)C1(c2ccccc2)CCC1. The third-order valence-electron chi connectivity index (χ3n) is 4.59. The van der Waals surface area contributed by atoms with E-state index in [-0.39, 0.29) is 11.5 Å².